The molecule has 6 nitrogen and oxygen atoms in total. The van der Waals surface area contributed by atoms with E-state index in [1.807, 2.05) is 4.90 Å². The van der Waals surface area contributed by atoms with Crippen LogP contribution in [0.5, 0.6) is 0 Å². The molecule has 5 rings (SSSR count). The highest BCUT2D eigenvalue weighted by Gasteiger charge is 2.40. The molecule has 0 atom stereocenters. The van der Waals surface area contributed by atoms with E-state index in [1.165, 1.54) is 23.6 Å². The van der Waals surface area contributed by atoms with Gasteiger partial charge in [-0.25, -0.2) is 4.98 Å². The third kappa shape index (κ3) is 5.05. The van der Waals surface area contributed by atoms with Crippen molar-refractivity contribution in [3.63, 3.8) is 0 Å². The molecule has 2 aromatic heterocycles. The van der Waals surface area contributed by atoms with Gasteiger partial charge in [-0.3, -0.25) is 4.90 Å². The maximum atomic E-state index is 12.8. The highest BCUT2D eigenvalue weighted by molar-refractivity contribution is 5.40. The molecule has 0 bridgehead atoms. The second kappa shape index (κ2) is 9.60. The first kappa shape index (κ1) is 23.8. The van der Waals surface area contributed by atoms with Gasteiger partial charge in [-0.1, -0.05) is 54.2 Å². The second-order valence-electron chi connectivity index (χ2n) is 9.69. The van der Waals surface area contributed by atoms with Gasteiger partial charge >= 0.3 is 6.18 Å². The van der Waals surface area contributed by atoms with Crippen molar-refractivity contribution in [1.29, 1.82) is 0 Å². The van der Waals surface area contributed by atoms with Gasteiger partial charge in [-0.05, 0) is 37.5 Å². The van der Waals surface area contributed by atoms with Gasteiger partial charge in [0.2, 0.25) is 5.89 Å². The molecular formula is C26H30F3N5O. The van der Waals surface area contributed by atoms with Crippen LogP contribution in [0.2, 0.25) is 0 Å². The molecule has 186 valence electrons. The average molecular weight is 486 g/mol. The van der Waals surface area contributed by atoms with E-state index in [2.05, 4.69) is 46.2 Å². The number of rotatable bonds is 5. The monoisotopic (exact) mass is 485 g/mol. The summed E-state index contributed by atoms with van der Waals surface area (Å²) in [5.41, 5.74) is 1.57. The van der Waals surface area contributed by atoms with Crippen LogP contribution in [0.25, 0.3) is 0 Å². The predicted octanol–water partition coefficient (Wildman–Crippen LogP) is 5.36. The predicted molar refractivity (Wildman–Crippen MR) is 126 cm³/mol. The minimum atomic E-state index is -4.37. The van der Waals surface area contributed by atoms with Gasteiger partial charge in [0, 0.05) is 32.4 Å². The van der Waals surface area contributed by atoms with E-state index in [9.17, 15) is 13.2 Å². The number of piperazine rings is 1. The van der Waals surface area contributed by atoms with Crippen LogP contribution in [-0.4, -0.2) is 46.2 Å². The summed E-state index contributed by atoms with van der Waals surface area (Å²) in [5, 5.41) is 4.44. The highest BCUT2D eigenvalue weighted by atomic mass is 19.4. The smallest absolute Gasteiger partial charge is 0.354 e. The van der Waals surface area contributed by atoms with Crippen LogP contribution in [0.3, 0.4) is 0 Å². The van der Waals surface area contributed by atoms with Crippen molar-refractivity contribution >= 4 is 5.82 Å². The van der Waals surface area contributed by atoms with E-state index in [1.54, 1.807) is 0 Å². The van der Waals surface area contributed by atoms with Crippen molar-refractivity contribution in [3.05, 3.63) is 71.0 Å². The number of halogens is 3. The summed E-state index contributed by atoms with van der Waals surface area (Å²) in [7, 11) is 0. The number of nitrogens with zero attached hydrogens (tertiary/aromatic N) is 5. The fourth-order valence-electron chi connectivity index (χ4n) is 5.25. The molecule has 1 aliphatic carbocycles. The Bertz CT molecular complexity index is 1110. The van der Waals surface area contributed by atoms with E-state index < -0.39 is 11.7 Å². The number of alkyl halides is 3. The third-order valence-electron chi connectivity index (χ3n) is 7.34. The summed E-state index contributed by atoms with van der Waals surface area (Å²) in [4.78, 5) is 13.1. The Morgan fingerprint density at radius 3 is 2.29 bits per heavy atom. The van der Waals surface area contributed by atoms with Crippen molar-refractivity contribution in [2.24, 2.45) is 0 Å². The van der Waals surface area contributed by atoms with Crippen LogP contribution in [0.15, 0.2) is 47.1 Å². The Balaban J connectivity index is 1.23. The number of aryl methyl sites for hydroxylation is 1. The van der Waals surface area contributed by atoms with Gasteiger partial charge in [0.15, 0.2) is 5.82 Å². The molecule has 0 amide bonds. The Hall–Kier alpha value is -2.94. The highest BCUT2D eigenvalue weighted by Crippen LogP contribution is 2.43. The number of aromatic nitrogens is 3. The van der Waals surface area contributed by atoms with Gasteiger partial charge in [0.05, 0.1) is 17.5 Å². The third-order valence-corrected chi connectivity index (χ3v) is 7.34. The van der Waals surface area contributed by atoms with Crippen molar-refractivity contribution in [1.82, 2.24) is 20.0 Å². The first-order chi connectivity index (χ1) is 16.8. The number of pyridine rings is 1. The second-order valence-corrected chi connectivity index (χ2v) is 9.69. The molecule has 0 unspecified atom stereocenters. The molecule has 35 heavy (non-hydrogen) atoms. The summed E-state index contributed by atoms with van der Waals surface area (Å²) in [6.45, 7) is 5.48. The summed E-state index contributed by atoms with van der Waals surface area (Å²) in [5.74, 6) is 1.96. The molecule has 2 aliphatic rings. The molecule has 3 heterocycles. The molecule has 1 aromatic carbocycles. The maximum absolute atomic E-state index is 12.8. The number of benzene rings is 1. The topological polar surface area (TPSA) is 58.3 Å². The van der Waals surface area contributed by atoms with Crippen molar-refractivity contribution in [2.45, 2.75) is 57.2 Å². The molecule has 1 saturated heterocycles. The SMILES string of the molecule is Cc1ccc(C2(c3noc(CN4CCN(c5ccc(C(F)(F)F)cn5)CC4)n3)CCCCC2)cc1. The quantitative estimate of drug-likeness (QED) is 0.485. The van der Waals surface area contributed by atoms with Crippen LogP contribution in [0.1, 0.15) is 60.5 Å². The van der Waals surface area contributed by atoms with Crippen molar-refractivity contribution in [3.8, 4) is 0 Å². The van der Waals surface area contributed by atoms with Crippen molar-refractivity contribution < 1.29 is 17.7 Å². The van der Waals surface area contributed by atoms with E-state index >= 15 is 0 Å². The van der Waals surface area contributed by atoms with Crippen molar-refractivity contribution in [2.75, 3.05) is 31.1 Å². The molecule has 1 aliphatic heterocycles. The molecule has 9 heteroatoms. The van der Waals surface area contributed by atoms with E-state index in [0.717, 1.165) is 56.9 Å². The number of anilines is 1. The molecule has 3 aromatic rings. The van der Waals surface area contributed by atoms with E-state index in [4.69, 9.17) is 9.51 Å². The Morgan fingerprint density at radius 1 is 0.943 bits per heavy atom. The fourth-order valence-corrected chi connectivity index (χ4v) is 5.25. The minimum Gasteiger partial charge on any atom is -0.354 e. The normalized spacial score (nSPS) is 19.1. The largest absolute Gasteiger partial charge is 0.417 e. The van der Waals surface area contributed by atoms with E-state index in [0.29, 0.717) is 31.3 Å². The molecule has 0 N–H and O–H groups in total. The van der Waals surface area contributed by atoms with E-state index in [-0.39, 0.29) is 5.41 Å². The molecular weight excluding hydrogens is 455 g/mol. The first-order valence-electron chi connectivity index (χ1n) is 12.2. The summed E-state index contributed by atoms with van der Waals surface area (Å²) in [6, 6.07) is 11.2. The Morgan fingerprint density at radius 2 is 1.66 bits per heavy atom. The zero-order chi connectivity index (χ0) is 24.5. The minimum absolute atomic E-state index is 0.194. The molecule has 1 saturated carbocycles. The zero-order valence-corrected chi connectivity index (χ0v) is 19.9. The maximum Gasteiger partial charge on any atom is 0.417 e. The van der Waals surface area contributed by atoms with Crippen LogP contribution in [0, 0.1) is 6.92 Å². The zero-order valence-electron chi connectivity index (χ0n) is 19.9. The van der Waals surface area contributed by atoms with Gasteiger partial charge in [0.1, 0.15) is 5.82 Å². The average Bonchev–Trinajstić information content (AvgIpc) is 3.34. The lowest BCUT2D eigenvalue weighted by Gasteiger charge is -2.35. The Labute approximate surface area is 203 Å². The van der Waals surface area contributed by atoms with Crippen LogP contribution >= 0.6 is 0 Å². The fraction of sp³-hybridized carbons (Fsp3) is 0.500. The lowest BCUT2D eigenvalue weighted by Crippen LogP contribution is -2.46. The van der Waals surface area contributed by atoms with Gasteiger partial charge in [-0.2, -0.15) is 18.2 Å². The summed E-state index contributed by atoms with van der Waals surface area (Å²) in [6.07, 6.45) is 2.10. The molecule has 2 fully saturated rings. The summed E-state index contributed by atoms with van der Waals surface area (Å²) >= 11 is 0. The Kier molecular flexibility index (Phi) is 6.53. The van der Waals surface area contributed by atoms with Crippen LogP contribution in [0.4, 0.5) is 19.0 Å². The van der Waals surface area contributed by atoms with Crippen LogP contribution < -0.4 is 4.90 Å². The summed E-state index contributed by atoms with van der Waals surface area (Å²) < 4.78 is 44.1. The lowest BCUT2D eigenvalue weighted by atomic mass is 9.69. The molecule has 0 radical (unpaired) electrons. The van der Waals surface area contributed by atoms with Gasteiger partial charge < -0.3 is 9.42 Å². The number of hydrogen-bond donors (Lipinski definition) is 0. The number of hydrogen-bond acceptors (Lipinski definition) is 6. The lowest BCUT2D eigenvalue weighted by molar-refractivity contribution is -0.137. The van der Waals surface area contributed by atoms with Crippen LogP contribution in [-0.2, 0) is 18.1 Å². The molecule has 0 spiro atoms. The standard InChI is InChI=1S/C26H30F3N5O/c1-19-5-7-20(8-6-19)25(11-3-2-4-12-25)24-31-23(35-32-24)18-33-13-15-34(16-14-33)22-10-9-21(17-30-22)26(27,28)29/h5-10,17H,2-4,11-16,18H2,1H3. The first-order valence-corrected chi connectivity index (χ1v) is 12.2. The van der Waals surface area contributed by atoms with Gasteiger partial charge in [-0.15, -0.1) is 0 Å². The van der Waals surface area contributed by atoms with Gasteiger partial charge in [0.25, 0.3) is 0 Å².